The summed E-state index contributed by atoms with van der Waals surface area (Å²) in [6, 6.07) is 10.8. The number of hydrogen-bond acceptors (Lipinski definition) is 4. The van der Waals surface area contributed by atoms with Crippen LogP contribution < -0.4 is 5.32 Å². The molecule has 26 heavy (non-hydrogen) atoms. The Hall–Kier alpha value is -1.95. The van der Waals surface area contributed by atoms with Gasteiger partial charge in [-0.2, -0.15) is 4.98 Å². The highest BCUT2D eigenvalue weighted by molar-refractivity contribution is 6.39. The molecule has 2 aromatic carbocycles. The number of rotatable bonds is 3. The van der Waals surface area contributed by atoms with Crippen molar-refractivity contribution in [1.29, 1.82) is 0 Å². The molecular formula is C18H14Cl3N3O2. The van der Waals surface area contributed by atoms with Gasteiger partial charge in [-0.25, -0.2) is 0 Å². The van der Waals surface area contributed by atoms with Gasteiger partial charge in [-0.15, -0.1) is 0 Å². The number of anilines is 1. The van der Waals surface area contributed by atoms with E-state index in [-0.39, 0.29) is 11.9 Å². The van der Waals surface area contributed by atoms with Crippen LogP contribution in [0.5, 0.6) is 0 Å². The summed E-state index contributed by atoms with van der Waals surface area (Å²) < 4.78 is 5.68. The van der Waals surface area contributed by atoms with Gasteiger partial charge in [-0.1, -0.05) is 40.9 Å². The third kappa shape index (κ3) is 3.34. The van der Waals surface area contributed by atoms with Crippen LogP contribution in [0.15, 0.2) is 40.8 Å². The predicted octanol–water partition coefficient (Wildman–Crippen LogP) is 5.11. The summed E-state index contributed by atoms with van der Waals surface area (Å²) in [5.74, 6) is -0.172. The van der Waals surface area contributed by atoms with Gasteiger partial charge < -0.3 is 14.6 Å². The van der Waals surface area contributed by atoms with Crippen LogP contribution >= 0.6 is 34.8 Å². The van der Waals surface area contributed by atoms with Crippen molar-refractivity contribution in [3.05, 3.63) is 57.0 Å². The maximum atomic E-state index is 12.7. The SMILES string of the molecule is O=C(c1c(Cl)cccc1Cl)N1CC[C@@H](Nc2nc3ccc(Cl)cc3o2)C1. The quantitative estimate of drug-likeness (QED) is 0.651. The van der Waals surface area contributed by atoms with Crippen LogP contribution in [0.4, 0.5) is 6.01 Å². The second-order valence-electron chi connectivity index (χ2n) is 6.11. The molecule has 1 saturated heterocycles. The summed E-state index contributed by atoms with van der Waals surface area (Å²) in [5.41, 5.74) is 1.69. The molecule has 0 saturated carbocycles. The van der Waals surface area contributed by atoms with Crippen molar-refractivity contribution in [3.63, 3.8) is 0 Å². The largest absolute Gasteiger partial charge is 0.423 e. The summed E-state index contributed by atoms with van der Waals surface area (Å²) in [4.78, 5) is 18.9. The number of carbonyl (C=O) groups is 1. The number of carbonyl (C=O) groups excluding carboxylic acids is 1. The summed E-state index contributed by atoms with van der Waals surface area (Å²) in [5, 5.41) is 4.54. The molecule has 2 heterocycles. The summed E-state index contributed by atoms with van der Waals surface area (Å²) >= 11 is 18.2. The lowest BCUT2D eigenvalue weighted by Crippen LogP contribution is -2.32. The highest BCUT2D eigenvalue weighted by atomic mass is 35.5. The molecule has 0 spiro atoms. The third-order valence-electron chi connectivity index (χ3n) is 4.33. The number of fused-ring (bicyclic) bond motifs is 1. The molecule has 5 nitrogen and oxygen atoms in total. The van der Waals surface area contributed by atoms with Gasteiger partial charge in [0.15, 0.2) is 5.58 Å². The lowest BCUT2D eigenvalue weighted by atomic mass is 10.2. The van der Waals surface area contributed by atoms with Crippen LogP contribution in [-0.4, -0.2) is 34.9 Å². The number of nitrogens with zero attached hydrogens (tertiary/aromatic N) is 2. The van der Waals surface area contributed by atoms with Gasteiger partial charge >= 0.3 is 0 Å². The zero-order chi connectivity index (χ0) is 18.3. The van der Waals surface area contributed by atoms with E-state index in [1.54, 1.807) is 41.3 Å². The number of likely N-dealkylation sites (tertiary alicyclic amines) is 1. The minimum absolute atomic E-state index is 0.0312. The monoisotopic (exact) mass is 409 g/mol. The van der Waals surface area contributed by atoms with Gasteiger partial charge in [0.05, 0.1) is 15.6 Å². The Morgan fingerprint density at radius 3 is 2.73 bits per heavy atom. The first kappa shape index (κ1) is 17.5. The van der Waals surface area contributed by atoms with Gasteiger partial charge in [0, 0.05) is 30.2 Å². The van der Waals surface area contributed by atoms with E-state index in [0.717, 1.165) is 11.9 Å². The molecule has 1 fully saturated rings. The molecular weight excluding hydrogens is 397 g/mol. The van der Waals surface area contributed by atoms with E-state index in [2.05, 4.69) is 10.3 Å². The topological polar surface area (TPSA) is 58.4 Å². The van der Waals surface area contributed by atoms with Gasteiger partial charge in [0.25, 0.3) is 11.9 Å². The van der Waals surface area contributed by atoms with E-state index < -0.39 is 0 Å². The van der Waals surface area contributed by atoms with Crippen molar-refractivity contribution in [2.45, 2.75) is 12.5 Å². The first-order valence-electron chi connectivity index (χ1n) is 8.07. The Bertz CT molecular complexity index is 969. The summed E-state index contributed by atoms with van der Waals surface area (Å²) in [6.45, 7) is 1.12. The summed E-state index contributed by atoms with van der Waals surface area (Å²) in [6.07, 6.45) is 0.771. The van der Waals surface area contributed by atoms with E-state index in [9.17, 15) is 4.79 Å². The maximum absolute atomic E-state index is 12.7. The van der Waals surface area contributed by atoms with E-state index >= 15 is 0 Å². The molecule has 134 valence electrons. The smallest absolute Gasteiger partial charge is 0.295 e. The van der Waals surface area contributed by atoms with Crippen molar-refractivity contribution in [2.24, 2.45) is 0 Å². The molecule has 4 rings (SSSR count). The average molecular weight is 411 g/mol. The fraction of sp³-hybridized carbons (Fsp3) is 0.222. The molecule has 1 aliphatic heterocycles. The number of benzene rings is 2. The molecule has 0 radical (unpaired) electrons. The molecule has 1 aliphatic rings. The molecule has 0 aliphatic carbocycles. The average Bonchev–Trinajstić information content (AvgIpc) is 3.21. The fourth-order valence-electron chi connectivity index (χ4n) is 3.06. The molecule has 1 atom stereocenters. The Morgan fingerprint density at radius 2 is 1.96 bits per heavy atom. The molecule has 0 unspecified atom stereocenters. The minimum atomic E-state index is -0.172. The lowest BCUT2D eigenvalue weighted by Gasteiger charge is -2.18. The van der Waals surface area contributed by atoms with Gasteiger partial charge in [0.1, 0.15) is 5.52 Å². The number of amides is 1. The number of halogens is 3. The third-order valence-corrected chi connectivity index (χ3v) is 5.20. The Kier molecular flexibility index (Phi) is 4.69. The maximum Gasteiger partial charge on any atom is 0.295 e. The van der Waals surface area contributed by atoms with Gasteiger partial charge in [-0.05, 0) is 30.7 Å². The second kappa shape index (κ2) is 6.99. The normalized spacial score (nSPS) is 17.0. The zero-order valence-corrected chi connectivity index (χ0v) is 15.8. The van der Waals surface area contributed by atoms with E-state index in [1.165, 1.54) is 0 Å². The van der Waals surface area contributed by atoms with Crippen molar-refractivity contribution in [2.75, 3.05) is 18.4 Å². The molecule has 1 amide bonds. The molecule has 1 N–H and O–H groups in total. The summed E-state index contributed by atoms with van der Waals surface area (Å²) in [7, 11) is 0. The Morgan fingerprint density at radius 1 is 1.19 bits per heavy atom. The highest BCUT2D eigenvalue weighted by Crippen LogP contribution is 2.28. The standard InChI is InChI=1S/C18H14Cl3N3O2/c19-10-4-5-14-15(8-10)26-18(23-14)22-11-6-7-24(9-11)17(25)16-12(20)2-1-3-13(16)21/h1-5,8,11H,6-7,9H2,(H,22,23)/t11-/m1/s1. The number of hydrogen-bond donors (Lipinski definition) is 1. The highest BCUT2D eigenvalue weighted by Gasteiger charge is 2.30. The number of oxazole rings is 1. The fourth-order valence-corrected chi connectivity index (χ4v) is 3.78. The van der Waals surface area contributed by atoms with Gasteiger partial charge in [0.2, 0.25) is 0 Å². The van der Waals surface area contributed by atoms with Crippen LogP contribution in [0.25, 0.3) is 11.1 Å². The van der Waals surface area contributed by atoms with Crippen molar-refractivity contribution in [3.8, 4) is 0 Å². The van der Waals surface area contributed by atoms with Crippen LogP contribution in [0, 0.1) is 0 Å². The number of aromatic nitrogens is 1. The van der Waals surface area contributed by atoms with Crippen molar-refractivity contribution >= 4 is 57.8 Å². The molecule has 3 aromatic rings. The van der Waals surface area contributed by atoms with Crippen LogP contribution in [0.2, 0.25) is 15.1 Å². The predicted molar refractivity (Wildman–Crippen MR) is 103 cm³/mol. The van der Waals surface area contributed by atoms with Crippen LogP contribution in [0.1, 0.15) is 16.8 Å². The molecule has 0 bridgehead atoms. The van der Waals surface area contributed by atoms with Crippen LogP contribution in [0.3, 0.4) is 0 Å². The van der Waals surface area contributed by atoms with Gasteiger partial charge in [-0.3, -0.25) is 4.79 Å². The van der Waals surface area contributed by atoms with E-state index in [0.29, 0.717) is 45.3 Å². The van der Waals surface area contributed by atoms with Crippen molar-refractivity contribution < 1.29 is 9.21 Å². The zero-order valence-electron chi connectivity index (χ0n) is 13.5. The molecule has 1 aromatic heterocycles. The Balaban J connectivity index is 1.47. The second-order valence-corrected chi connectivity index (χ2v) is 7.36. The van der Waals surface area contributed by atoms with Crippen LogP contribution in [-0.2, 0) is 0 Å². The first-order valence-corrected chi connectivity index (χ1v) is 9.20. The first-order chi connectivity index (χ1) is 12.5. The van der Waals surface area contributed by atoms with E-state index in [1.807, 2.05) is 0 Å². The lowest BCUT2D eigenvalue weighted by molar-refractivity contribution is 0.0792. The minimum Gasteiger partial charge on any atom is -0.423 e. The molecule has 8 heteroatoms. The van der Waals surface area contributed by atoms with E-state index in [4.69, 9.17) is 39.2 Å². The number of nitrogens with one attached hydrogen (secondary N) is 1. The van der Waals surface area contributed by atoms with Crippen molar-refractivity contribution in [1.82, 2.24) is 9.88 Å². The Labute approximate surface area is 164 Å².